The number of hydrogen-bond donors (Lipinski definition) is 4. The summed E-state index contributed by atoms with van der Waals surface area (Å²) >= 11 is 0. The first-order valence-electron chi connectivity index (χ1n) is 6.10. The maximum absolute atomic E-state index is 11.8. The average Bonchev–Trinajstić information content (AvgIpc) is 2.20. The lowest BCUT2D eigenvalue weighted by atomic mass is 10.1. The summed E-state index contributed by atoms with van der Waals surface area (Å²) in [5, 5.41) is 20.3. The first-order chi connectivity index (χ1) is 8.45. The third-order valence-corrected chi connectivity index (χ3v) is 2.39. The minimum absolute atomic E-state index is 0.464. The Balaban J connectivity index is 4.60. The Morgan fingerprint density at radius 1 is 1.26 bits per heavy atom. The topological polar surface area (TPSA) is 122 Å². The number of amides is 1. The van der Waals surface area contributed by atoms with E-state index in [0.29, 0.717) is 0 Å². The van der Waals surface area contributed by atoms with E-state index < -0.39 is 41.8 Å². The fraction of sp³-hybridized carbons (Fsp3) is 0.833. The number of nitrogens with one attached hydrogen (secondary N) is 1. The van der Waals surface area contributed by atoms with E-state index in [1.165, 1.54) is 6.92 Å². The molecule has 0 aliphatic heterocycles. The second-order valence-corrected chi connectivity index (χ2v) is 5.53. The molecule has 0 saturated heterocycles. The van der Waals surface area contributed by atoms with Crippen LogP contribution in [-0.4, -0.2) is 52.0 Å². The number of aliphatic hydroxyl groups excluding tert-OH is 1. The van der Waals surface area contributed by atoms with Gasteiger partial charge in [-0.05, 0) is 34.6 Å². The zero-order chi connectivity index (χ0) is 15.4. The van der Waals surface area contributed by atoms with Crippen molar-refractivity contribution in [2.24, 2.45) is 5.73 Å². The quantitative estimate of drug-likeness (QED) is 0.517. The SMILES string of the molecule is C[C@@H](O)[C@H](NC(=O)[C@@H](N)[C@@H](C)OC(C)(C)C)C(=O)O. The van der Waals surface area contributed by atoms with Gasteiger partial charge in [0, 0.05) is 0 Å². The number of carbonyl (C=O) groups excluding carboxylic acids is 1. The number of carboxylic acid groups (broad SMARTS) is 1. The predicted octanol–water partition coefficient (Wildman–Crippen LogP) is -0.532. The van der Waals surface area contributed by atoms with Crippen molar-refractivity contribution >= 4 is 11.9 Å². The van der Waals surface area contributed by atoms with Gasteiger partial charge in [-0.25, -0.2) is 4.79 Å². The van der Waals surface area contributed by atoms with Crippen LogP contribution < -0.4 is 11.1 Å². The number of carboxylic acids is 1. The molecule has 19 heavy (non-hydrogen) atoms. The van der Waals surface area contributed by atoms with Gasteiger partial charge < -0.3 is 26.0 Å². The van der Waals surface area contributed by atoms with Gasteiger partial charge in [0.1, 0.15) is 6.04 Å². The highest BCUT2D eigenvalue weighted by atomic mass is 16.5. The van der Waals surface area contributed by atoms with Crippen molar-refractivity contribution in [3.8, 4) is 0 Å². The van der Waals surface area contributed by atoms with E-state index in [1.54, 1.807) is 6.92 Å². The van der Waals surface area contributed by atoms with E-state index in [1.807, 2.05) is 20.8 Å². The van der Waals surface area contributed by atoms with Gasteiger partial charge in [0.25, 0.3) is 0 Å². The molecule has 0 aliphatic rings. The highest BCUT2D eigenvalue weighted by Crippen LogP contribution is 2.12. The molecule has 0 saturated carbocycles. The number of carbonyl (C=O) groups is 2. The van der Waals surface area contributed by atoms with Crippen LogP contribution in [0.2, 0.25) is 0 Å². The van der Waals surface area contributed by atoms with Gasteiger partial charge in [-0.3, -0.25) is 4.79 Å². The van der Waals surface area contributed by atoms with Gasteiger partial charge in [-0.2, -0.15) is 0 Å². The van der Waals surface area contributed by atoms with Gasteiger partial charge in [0.05, 0.1) is 17.8 Å². The Morgan fingerprint density at radius 3 is 2.05 bits per heavy atom. The van der Waals surface area contributed by atoms with E-state index in [0.717, 1.165) is 0 Å². The Morgan fingerprint density at radius 2 is 1.74 bits per heavy atom. The van der Waals surface area contributed by atoms with Gasteiger partial charge >= 0.3 is 5.97 Å². The Kier molecular flexibility index (Phi) is 6.41. The monoisotopic (exact) mass is 276 g/mol. The lowest BCUT2D eigenvalue weighted by Gasteiger charge is -2.29. The number of aliphatic hydroxyl groups is 1. The van der Waals surface area contributed by atoms with Crippen LogP contribution in [0.15, 0.2) is 0 Å². The average molecular weight is 276 g/mol. The minimum Gasteiger partial charge on any atom is -0.480 e. The molecule has 0 aromatic rings. The Bertz CT molecular complexity index is 325. The van der Waals surface area contributed by atoms with E-state index in [9.17, 15) is 14.7 Å². The molecular formula is C12H24N2O5. The lowest BCUT2D eigenvalue weighted by molar-refractivity contribution is -0.146. The molecule has 0 bridgehead atoms. The van der Waals surface area contributed by atoms with Crippen LogP contribution >= 0.6 is 0 Å². The van der Waals surface area contributed by atoms with Gasteiger partial charge in [0.15, 0.2) is 6.04 Å². The molecule has 0 heterocycles. The van der Waals surface area contributed by atoms with Crippen molar-refractivity contribution in [1.29, 1.82) is 0 Å². The molecule has 5 N–H and O–H groups in total. The second kappa shape index (κ2) is 6.83. The Hall–Kier alpha value is -1.18. The van der Waals surface area contributed by atoms with Crippen molar-refractivity contribution in [1.82, 2.24) is 5.32 Å². The molecule has 0 aliphatic carbocycles. The van der Waals surface area contributed by atoms with E-state index >= 15 is 0 Å². The summed E-state index contributed by atoms with van der Waals surface area (Å²) in [5.74, 6) is -2.00. The smallest absolute Gasteiger partial charge is 0.328 e. The van der Waals surface area contributed by atoms with Crippen LogP contribution in [0.4, 0.5) is 0 Å². The highest BCUT2D eigenvalue weighted by molar-refractivity contribution is 5.87. The summed E-state index contributed by atoms with van der Waals surface area (Å²) < 4.78 is 5.53. The van der Waals surface area contributed by atoms with E-state index in [2.05, 4.69) is 5.32 Å². The van der Waals surface area contributed by atoms with Crippen molar-refractivity contribution in [2.75, 3.05) is 0 Å². The molecule has 0 fully saturated rings. The molecule has 0 aromatic heterocycles. The van der Waals surface area contributed by atoms with Crippen LogP contribution in [0.1, 0.15) is 34.6 Å². The number of aliphatic carboxylic acids is 1. The summed E-state index contributed by atoms with van der Waals surface area (Å²) in [4.78, 5) is 22.6. The molecule has 7 heteroatoms. The minimum atomic E-state index is -1.39. The molecular weight excluding hydrogens is 252 g/mol. The van der Waals surface area contributed by atoms with Gasteiger partial charge in [-0.1, -0.05) is 0 Å². The highest BCUT2D eigenvalue weighted by Gasteiger charge is 2.31. The van der Waals surface area contributed by atoms with Gasteiger partial charge in [-0.15, -0.1) is 0 Å². The first kappa shape index (κ1) is 17.8. The zero-order valence-corrected chi connectivity index (χ0v) is 12.0. The third kappa shape index (κ3) is 6.51. The van der Waals surface area contributed by atoms with Crippen LogP contribution in [0.25, 0.3) is 0 Å². The number of ether oxygens (including phenoxy) is 1. The molecule has 112 valence electrons. The molecule has 0 spiro atoms. The number of rotatable bonds is 6. The summed E-state index contributed by atoms with van der Waals surface area (Å²) in [6.07, 6.45) is -1.80. The van der Waals surface area contributed by atoms with Crippen molar-refractivity contribution in [3.05, 3.63) is 0 Å². The second-order valence-electron chi connectivity index (χ2n) is 5.53. The summed E-state index contributed by atoms with van der Waals surface area (Å²) in [7, 11) is 0. The largest absolute Gasteiger partial charge is 0.480 e. The fourth-order valence-corrected chi connectivity index (χ4v) is 1.48. The standard InChI is InChI=1S/C12H24N2O5/c1-6(15)9(11(17)18)14-10(16)8(13)7(2)19-12(3,4)5/h6-9,15H,13H2,1-5H3,(H,14,16)(H,17,18)/t6-,7-,8+,9+/m1/s1. The lowest BCUT2D eigenvalue weighted by Crippen LogP contribution is -2.56. The molecule has 7 nitrogen and oxygen atoms in total. The van der Waals surface area contributed by atoms with Crippen LogP contribution in [0.5, 0.6) is 0 Å². The molecule has 4 atom stereocenters. The molecule has 1 amide bonds. The maximum Gasteiger partial charge on any atom is 0.328 e. The van der Waals surface area contributed by atoms with Crippen molar-refractivity contribution < 1.29 is 24.5 Å². The fourth-order valence-electron chi connectivity index (χ4n) is 1.48. The normalized spacial score (nSPS) is 18.3. The molecule has 0 aromatic carbocycles. The zero-order valence-electron chi connectivity index (χ0n) is 12.0. The summed E-state index contributed by atoms with van der Waals surface area (Å²) in [6.45, 7) is 8.38. The molecule has 0 radical (unpaired) electrons. The van der Waals surface area contributed by atoms with Crippen LogP contribution in [0.3, 0.4) is 0 Å². The third-order valence-electron chi connectivity index (χ3n) is 2.39. The van der Waals surface area contributed by atoms with E-state index in [-0.39, 0.29) is 0 Å². The van der Waals surface area contributed by atoms with E-state index in [4.69, 9.17) is 15.6 Å². The number of hydrogen-bond acceptors (Lipinski definition) is 5. The van der Waals surface area contributed by atoms with Gasteiger partial charge in [0.2, 0.25) is 5.91 Å². The summed E-state index contributed by atoms with van der Waals surface area (Å²) in [5.41, 5.74) is 5.24. The number of nitrogens with two attached hydrogens (primary N) is 1. The first-order valence-corrected chi connectivity index (χ1v) is 6.10. The Labute approximate surface area is 113 Å². The van der Waals surface area contributed by atoms with Crippen LogP contribution in [-0.2, 0) is 14.3 Å². The predicted molar refractivity (Wildman–Crippen MR) is 69.5 cm³/mol. The summed E-state index contributed by atoms with van der Waals surface area (Å²) in [6, 6.07) is -2.40. The van der Waals surface area contributed by atoms with Crippen LogP contribution in [0, 0.1) is 0 Å². The van der Waals surface area contributed by atoms with Crippen molar-refractivity contribution in [3.63, 3.8) is 0 Å². The maximum atomic E-state index is 11.8. The molecule has 0 rings (SSSR count). The van der Waals surface area contributed by atoms with Crippen molar-refractivity contribution in [2.45, 2.75) is 64.5 Å². The molecule has 0 unspecified atom stereocenters.